The number of benzene rings is 2. The lowest BCUT2D eigenvalue weighted by Gasteiger charge is -2.19. The summed E-state index contributed by atoms with van der Waals surface area (Å²) < 4.78 is 0. The third kappa shape index (κ3) is 5.63. The van der Waals surface area contributed by atoms with E-state index in [4.69, 9.17) is 5.73 Å². The molecule has 6 heteroatoms. The molecular formula is C19H25Cl2N3O. The highest BCUT2D eigenvalue weighted by atomic mass is 35.5. The van der Waals surface area contributed by atoms with Crippen LogP contribution in [0.5, 0.6) is 0 Å². The summed E-state index contributed by atoms with van der Waals surface area (Å²) >= 11 is 0. The van der Waals surface area contributed by atoms with E-state index in [1.54, 1.807) is 0 Å². The number of para-hydroxylation sites is 1. The first kappa shape index (κ1) is 21.3. The highest BCUT2D eigenvalue weighted by Crippen LogP contribution is 2.28. The zero-order valence-electron chi connectivity index (χ0n) is 14.1. The fraction of sp³-hybridized carbons (Fsp3) is 0.316. The molecule has 4 nitrogen and oxygen atoms in total. The highest BCUT2D eigenvalue weighted by Gasteiger charge is 2.18. The van der Waals surface area contributed by atoms with Crippen LogP contribution in [0.2, 0.25) is 0 Å². The molecule has 3 N–H and O–H groups in total. The van der Waals surface area contributed by atoms with Gasteiger partial charge in [0.05, 0.1) is 0 Å². The quantitative estimate of drug-likeness (QED) is 0.800. The molecule has 1 heterocycles. The molecule has 0 radical (unpaired) electrons. The Morgan fingerprint density at radius 2 is 1.80 bits per heavy atom. The summed E-state index contributed by atoms with van der Waals surface area (Å²) in [6, 6.07) is 16.7. The Balaban J connectivity index is 0.00000156. The molecule has 25 heavy (non-hydrogen) atoms. The van der Waals surface area contributed by atoms with Crippen molar-refractivity contribution in [2.24, 2.45) is 5.73 Å². The molecule has 0 aliphatic carbocycles. The summed E-state index contributed by atoms with van der Waals surface area (Å²) in [6.07, 6.45) is 2.31. The monoisotopic (exact) mass is 381 g/mol. The molecule has 1 aliphatic rings. The number of nitrogens with two attached hydrogens (primary N) is 1. The summed E-state index contributed by atoms with van der Waals surface area (Å²) in [5.41, 5.74) is 10.3. The summed E-state index contributed by atoms with van der Waals surface area (Å²) in [4.78, 5) is 14.1. The minimum atomic E-state index is 0. The molecule has 1 amide bonds. The Hall–Kier alpha value is -1.75. The maximum atomic E-state index is 11.7. The van der Waals surface area contributed by atoms with Gasteiger partial charge in [-0.1, -0.05) is 30.3 Å². The van der Waals surface area contributed by atoms with E-state index in [-0.39, 0.29) is 30.7 Å². The van der Waals surface area contributed by atoms with Crippen LogP contribution in [0.15, 0.2) is 48.5 Å². The number of nitrogens with one attached hydrogen (secondary N) is 1. The Kier molecular flexibility index (Phi) is 8.76. The summed E-state index contributed by atoms with van der Waals surface area (Å²) in [5, 5.41) is 2.91. The predicted molar refractivity (Wildman–Crippen MR) is 109 cm³/mol. The molecular weight excluding hydrogens is 357 g/mol. The third-order valence-electron chi connectivity index (χ3n) is 4.20. The number of carbonyl (C=O) groups excluding carboxylic acids is 1. The molecule has 0 aromatic heterocycles. The molecule has 1 aliphatic heterocycles. The molecule has 0 fully saturated rings. The molecule has 0 saturated heterocycles. The maximum absolute atomic E-state index is 11.7. The zero-order valence-corrected chi connectivity index (χ0v) is 15.7. The van der Waals surface area contributed by atoms with Crippen molar-refractivity contribution in [3.63, 3.8) is 0 Å². The fourth-order valence-electron chi connectivity index (χ4n) is 2.97. The minimum Gasteiger partial charge on any atom is -0.367 e. The van der Waals surface area contributed by atoms with Crippen LogP contribution >= 0.6 is 24.8 Å². The van der Waals surface area contributed by atoms with Gasteiger partial charge in [0.1, 0.15) is 0 Å². The average Bonchev–Trinajstić information content (AvgIpc) is 2.98. The van der Waals surface area contributed by atoms with Crippen molar-refractivity contribution in [1.29, 1.82) is 0 Å². The number of carbonyl (C=O) groups is 1. The van der Waals surface area contributed by atoms with E-state index in [1.807, 2.05) is 12.1 Å². The number of rotatable bonds is 6. The van der Waals surface area contributed by atoms with Gasteiger partial charge in [0.25, 0.3) is 0 Å². The van der Waals surface area contributed by atoms with Crippen molar-refractivity contribution in [2.75, 3.05) is 23.3 Å². The van der Waals surface area contributed by atoms with Crippen LogP contribution in [0, 0.1) is 0 Å². The van der Waals surface area contributed by atoms with Crippen molar-refractivity contribution in [3.05, 3.63) is 59.7 Å². The van der Waals surface area contributed by atoms with Gasteiger partial charge in [-0.25, -0.2) is 0 Å². The molecule has 0 unspecified atom stereocenters. The molecule has 0 saturated carbocycles. The van der Waals surface area contributed by atoms with E-state index in [9.17, 15) is 4.79 Å². The molecule has 2 aromatic rings. The highest BCUT2D eigenvalue weighted by molar-refractivity contribution is 5.90. The Morgan fingerprint density at radius 1 is 1.08 bits per heavy atom. The topological polar surface area (TPSA) is 58.4 Å². The van der Waals surface area contributed by atoms with E-state index >= 15 is 0 Å². The van der Waals surface area contributed by atoms with Crippen molar-refractivity contribution in [3.8, 4) is 0 Å². The van der Waals surface area contributed by atoms with Crippen LogP contribution in [0.3, 0.4) is 0 Å². The van der Waals surface area contributed by atoms with Gasteiger partial charge in [0, 0.05) is 30.9 Å². The average molecular weight is 382 g/mol. The molecule has 2 aromatic carbocycles. The van der Waals surface area contributed by atoms with E-state index in [0.717, 1.165) is 31.6 Å². The van der Waals surface area contributed by atoms with Gasteiger partial charge >= 0.3 is 0 Å². The number of anilines is 2. The van der Waals surface area contributed by atoms with Gasteiger partial charge in [-0.2, -0.15) is 0 Å². The number of amides is 1. The summed E-state index contributed by atoms with van der Waals surface area (Å²) in [6.45, 7) is 2.51. The summed E-state index contributed by atoms with van der Waals surface area (Å²) in [5.74, 6) is 0.0247. The molecule has 0 bridgehead atoms. The SMILES string of the molecule is Cl.Cl.NCCCC(=O)Nc1ccc(CN2CCc3ccccc32)cc1. The van der Waals surface area contributed by atoms with E-state index in [1.165, 1.54) is 16.8 Å². The first-order valence-corrected chi connectivity index (χ1v) is 8.18. The molecule has 136 valence electrons. The lowest BCUT2D eigenvalue weighted by molar-refractivity contribution is -0.116. The summed E-state index contributed by atoms with van der Waals surface area (Å²) in [7, 11) is 0. The van der Waals surface area contributed by atoms with Gasteiger partial charge in [-0.15, -0.1) is 24.8 Å². The lowest BCUT2D eigenvalue weighted by Crippen LogP contribution is -2.19. The predicted octanol–water partition coefficient (Wildman–Crippen LogP) is 3.77. The van der Waals surface area contributed by atoms with Crippen LogP contribution in [0.4, 0.5) is 11.4 Å². The van der Waals surface area contributed by atoms with Crippen LogP contribution in [0.25, 0.3) is 0 Å². The molecule has 3 rings (SSSR count). The normalized spacial score (nSPS) is 12.0. The van der Waals surface area contributed by atoms with Crippen LogP contribution in [-0.4, -0.2) is 19.0 Å². The fourth-order valence-corrected chi connectivity index (χ4v) is 2.97. The number of halogens is 2. The van der Waals surface area contributed by atoms with E-state index in [0.29, 0.717) is 13.0 Å². The largest absolute Gasteiger partial charge is 0.367 e. The second-order valence-corrected chi connectivity index (χ2v) is 5.94. The maximum Gasteiger partial charge on any atom is 0.224 e. The van der Waals surface area contributed by atoms with Gasteiger partial charge in [-0.05, 0) is 48.7 Å². The first-order valence-electron chi connectivity index (χ1n) is 8.18. The van der Waals surface area contributed by atoms with E-state index < -0.39 is 0 Å². The van der Waals surface area contributed by atoms with Crippen LogP contribution in [0.1, 0.15) is 24.0 Å². The van der Waals surface area contributed by atoms with Gasteiger partial charge < -0.3 is 16.0 Å². The van der Waals surface area contributed by atoms with Gasteiger partial charge in [0.2, 0.25) is 5.91 Å². The number of hydrogen-bond acceptors (Lipinski definition) is 3. The second kappa shape index (κ2) is 10.3. The van der Waals surface area contributed by atoms with Crippen LogP contribution in [-0.2, 0) is 17.8 Å². The van der Waals surface area contributed by atoms with Gasteiger partial charge in [0.15, 0.2) is 0 Å². The lowest BCUT2D eigenvalue weighted by atomic mass is 10.1. The zero-order chi connectivity index (χ0) is 16.1. The molecule has 0 atom stereocenters. The number of nitrogens with zero attached hydrogens (tertiary/aromatic N) is 1. The third-order valence-corrected chi connectivity index (χ3v) is 4.20. The minimum absolute atomic E-state index is 0. The molecule has 0 spiro atoms. The van der Waals surface area contributed by atoms with Crippen molar-refractivity contribution in [1.82, 2.24) is 0 Å². The number of fused-ring (bicyclic) bond motifs is 1. The Labute approximate surface area is 161 Å². The van der Waals surface area contributed by atoms with Gasteiger partial charge in [-0.3, -0.25) is 4.79 Å². The Morgan fingerprint density at radius 3 is 2.52 bits per heavy atom. The van der Waals surface area contributed by atoms with Crippen molar-refractivity contribution < 1.29 is 4.79 Å². The standard InChI is InChI=1S/C19H23N3O.2ClH/c20-12-3-6-19(23)21-17-9-7-15(8-10-17)14-22-13-11-16-4-1-2-5-18(16)22;;/h1-2,4-5,7-10H,3,6,11-14,20H2,(H,21,23);2*1H. The van der Waals surface area contributed by atoms with Crippen LogP contribution < -0.4 is 16.0 Å². The van der Waals surface area contributed by atoms with Crippen molar-refractivity contribution >= 4 is 42.1 Å². The van der Waals surface area contributed by atoms with Crippen molar-refractivity contribution in [2.45, 2.75) is 25.8 Å². The van der Waals surface area contributed by atoms with E-state index in [2.05, 4.69) is 46.6 Å². The smallest absolute Gasteiger partial charge is 0.224 e. The second-order valence-electron chi connectivity index (χ2n) is 5.94. The first-order chi connectivity index (χ1) is 11.3. The number of hydrogen-bond donors (Lipinski definition) is 2. The Bertz CT molecular complexity index is 677.